The van der Waals surface area contributed by atoms with E-state index in [1.54, 1.807) is 0 Å². The van der Waals surface area contributed by atoms with Crippen LogP contribution < -0.4 is 5.32 Å². The predicted octanol–water partition coefficient (Wildman–Crippen LogP) is 2.39. The molecule has 2 aliphatic carbocycles. The van der Waals surface area contributed by atoms with Gasteiger partial charge in [0.2, 0.25) is 0 Å². The summed E-state index contributed by atoms with van der Waals surface area (Å²) in [4.78, 5) is 2.72. The van der Waals surface area contributed by atoms with E-state index in [0.29, 0.717) is 0 Å². The second kappa shape index (κ2) is 5.86. The van der Waals surface area contributed by atoms with Gasteiger partial charge in [-0.2, -0.15) is 0 Å². The molecule has 0 radical (unpaired) electrons. The highest BCUT2D eigenvalue weighted by Gasteiger charge is 2.28. The molecule has 2 heteroatoms. The van der Waals surface area contributed by atoms with Crippen LogP contribution in [0.2, 0.25) is 0 Å². The average Bonchev–Trinajstić information content (AvgIpc) is 3.09. The minimum atomic E-state index is 0.884. The molecule has 15 heavy (non-hydrogen) atoms. The largest absolute Gasteiger partial charge is 0.314 e. The molecule has 0 aliphatic heterocycles. The molecule has 0 atom stereocenters. The van der Waals surface area contributed by atoms with Gasteiger partial charge in [0.05, 0.1) is 0 Å². The molecule has 0 unspecified atom stereocenters. The SMILES string of the molecule is CCCCN(CCCNC1CC1)C1CC1. The van der Waals surface area contributed by atoms with E-state index in [0.717, 1.165) is 12.1 Å². The Hall–Kier alpha value is -0.0800. The molecule has 0 aromatic carbocycles. The molecule has 2 nitrogen and oxygen atoms in total. The summed E-state index contributed by atoms with van der Waals surface area (Å²) < 4.78 is 0. The van der Waals surface area contributed by atoms with E-state index < -0.39 is 0 Å². The zero-order valence-electron chi connectivity index (χ0n) is 10.2. The average molecular weight is 210 g/mol. The minimum Gasteiger partial charge on any atom is -0.314 e. The highest BCUT2D eigenvalue weighted by atomic mass is 15.2. The van der Waals surface area contributed by atoms with E-state index >= 15 is 0 Å². The first-order valence-corrected chi connectivity index (χ1v) is 6.87. The van der Waals surface area contributed by atoms with Gasteiger partial charge in [-0.3, -0.25) is 0 Å². The third kappa shape index (κ3) is 4.52. The molecule has 2 aliphatic rings. The molecule has 0 bridgehead atoms. The Morgan fingerprint density at radius 3 is 2.40 bits per heavy atom. The van der Waals surface area contributed by atoms with Crippen molar-refractivity contribution >= 4 is 0 Å². The van der Waals surface area contributed by atoms with Crippen molar-refractivity contribution in [1.82, 2.24) is 10.2 Å². The molecular weight excluding hydrogens is 184 g/mol. The monoisotopic (exact) mass is 210 g/mol. The summed E-state index contributed by atoms with van der Waals surface area (Å²) in [7, 11) is 0. The van der Waals surface area contributed by atoms with Gasteiger partial charge >= 0.3 is 0 Å². The minimum absolute atomic E-state index is 0.884. The topological polar surface area (TPSA) is 15.3 Å². The predicted molar refractivity (Wildman–Crippen MR) is 65.1 cm³/mol. The molecule has 0 aromatic heterocycles. The number of nitrogens with zero attached hydrogens (tertiary/aromatic N) is 1. The molecule has 0 heterocycles. The van der Waals surface area contributed by atoms with Crippen LogP contribution >= 0.6 is 0 Å². The third-order valence-electron chi connectivity index (χ3n) is 3.49. The summed E-state index contributed by atoms with van der Waals surface area (Å²) in [6, 6.07) is 1.84. The first-order valence-electron chi connectivity index (χ1n) is 6.87. The number of rotatable bonds is 9. The summed E-state index contributed by atoms with van der Waals surface area (Å²) in [5, 5.41) is 3.60. The molecule has 2 fully saturated rings. The maximum atomic E-state index is 3.60. The second-order valence-electron chi connectivity index (χ2n) is 5.20. The lowest BCUT2D eigenvalue weighted by Crippen LogP contribution is -2.30. The fourth-order valence-electron chi connectivity index (χ4n) is 2.15. The first-order chi connectivity index (χ1) is 7.40. The van der Waals surface area contributed by atoms with Crippen LogP contribution in [-0.4, -0.2) is 36.6 Å². The Morgan fingerprint density at radius 1 is 1.07 bits per heavy atom. The van der Waals surface area contributed by atoms with Crippen LogP contribution in [0.15, 0.2) is 0 Å². The van der Waals surface area contributed by atoms with Crippen molar-refractivity contribution in [3.05, 3.63) is 0 Å². The van der Waals surface area contributed by atoms with Crippen LogP contribution in [0.25, 0.3) is 0 Å². The van der Waals surface area contributed by atoms with E-state index in [1.807, 2.05) is 0 Å². The second-order valence-corrected chi connectivity index (χ2v) is 5.20. The van der Waals surface area contributed by atoms with Gasteiger partial charge in [-0.05, 0) is 58.2 Å². The summed E-state index contributed by atoms with van der Waals surface area (Å²) >= 11 is 0. The van der Waals surface area contributed by atoms with E-state index in [1.165, 1.54) is 64.6 Å². The van der Waals surface area contributed by atoms with Crippen molar-refractivity contribution in [2.45, 2.75) is 64.0 Å². The van der Waals surface area contributed by atoms with Gasteiger partial charge in [-0.15, -0.1) is 0 Å². The van der Waals surface area contributed by atoms with Gasteiger partial charge < -0.3 is 10.2 Å². The van der Waals surface area contributed by atoms with Crippen molar-refractivity contribution in [2.75, 3.05) is 19.6 Å². The Morgan fingerprint density at radius 2 is 1.80 bits per heavy atom. The molecule has 0 amide bonds. The highest BCUT2D eigenvalue weighted by molar-refractivity contribution is 4.85. The number of nitrogens with one attached hydrogen (secondary N) is 1. The number of unbranched alkanes of at least 4 members (excludes halogenated alkanes) is 1. The standard InChI is InChI=1S/C13H26N2/c1-2-3-10-15(13-7-8-13)11-4-9-14-12-5-6-12/h12-14H,2-11H2,1H3. The van der Waals surface area contributed by atoms with Crippen LogP contribution in [0, 0.1) is 0 Å². The summed E-state index contributed by atoms with van der Waals surface area (Å²) in [5.74, 6) is 0. The lowest BCUT2D eigenvalue weighted by Gasteiger charge is -2.21. The van der Waals surface area contributed by atoms with Gasteiger partial charge in [0.25, 0.3) is 0 Å². The summed E-state index contributed by atoms with van der Waals surface area (Å²) in [5.41, 5.74) is 0. The lowest BCUT2D eigenvalue weighted by atomic mass is 10.3. The maximum Gasteiger partial charge on any atom is 0.00964 e. The molecule has 2 saturated carbocycles. The van der Waals surface area contributed by atoms with E-state index in [9.17, 15) is 0 Å². The van der Waals surface area contributed by atoms with Crippen molar-refractivity contribution in [3.8, 4) is 0 Å². The molecular formula is C13H26N2. The van der Waals surface area contributed by atoms with Crippen molar-refractivity contribution in [3.63, 3.8) is 0 Å². The van der Waals surface area contributed by atoms with E-state index in [2.05, 4.69) is 17.1 Å². The van der Waals surface area contributed by atoms with Crippen molar-refractivity contribution in [1.29, 1.82) is 0 Å². The highest BCUT2D eigenvalue weighted by Crippen LogP contribution is 2.27. The zero-order chi connectivity index (χ0) is 10.5. The fraction of sp³-hybridized carbons (Fsp3) is 1.00. The van der Waals surface area contributed by atoms with E-state index in [4.69, 9.17) is 0 Å². The van der Waals surface area contributed by atoms with E-state index in [-0.39, 0.29) is 0 Å². The van der Waals surface area contributed by atoms with Gasteiger partial charge in [-0.1, -0.05) is 13.3 Å². The van der Waals surface area contributed by atoms with Crippen molar-refractivity contribution in [2.24, 2.45) is 0 Å². The van der Waals surface area contributed by atoms with Crippen molar-refractivity contribution < 1.29 is 0 Å². The Kier molecular flexibility index (Phi) is 4.45. The van der Waals surface area contributed by atoms with Gasteiger partial charge in [0.15, 0.2) is 0 Å². The fourth-order valence-corrected chi connectivity index (χ4v) is 2.15. The smallest absolute Gasteiger partial charge is 0.00964 e. The Labute approximate surface area is 94.4 Å². The molecule has 1 N–H and O–H groups in total. The Bertz CT molecular complexity index is 173. The molecule has 2 rings (SSSR count). The third-order valence-corrected chi connectivity index (χ3v) is 3.49. The van der Waals surface area contributed by atoms with Crippen LogP contribution in [0.1, 0.15) is 51.9 Å². The Balaban J connectivity index is 1.51. The maximum absolute atomic E-state index is 3.60. The van der Waals surface area contributed by atoms with Crippen LogP contribution in [0.5, 0.6) is 0 Å². The first kappa shape index (κ1) is 11.4. The summed E-state index contributed by atoms with van der Waals surface area (Å²) in [6.07, 6.45) is 9.82. The van der Waals surface area contributed by atoms with Crippen LogP contribution in [0.4, 0.5) is 0 Å². The summed E-state index contributed by atoms with van der Waals surface area (Å²) in [6.45, 7) is 6.19. The lowest BCUT2D eigenvalue weighted by molar-refractivity contribution is 0.255. The number of hydrogen-bond donors (Lipinski definition) is 1. The molecule has 0 spiro atoms. The normalized spacial score (nSPS) is 21.2. The van der Waals surface area contributed by atoms with Crippen LogP contribution in [-0.2, 0) is 0 Å². The van der Waals surface area contributed by atoms with Gasteiger partial charge in [-0.25, -0.2) is 0 Å². The molecule has 0 aromatic rings. The number of hydrogen-bond acceptors (Lipinski definition) is 2. The zero-order valence-corrected chi connectivity index (χ0v) is 10.2. The quantitative estimate of drug-likeness (QED) is 0.588. The van der Waals surface area contributed by atoms with Gasteiger partial charge in [0, 0.05) is 12.1 Å². The molecule has 88 valence electrons. The molecule has 0 saturated heterocycles. The van der Waals surface area contributed by atoms with Gasteiger partial charge in [0.1, 0.15) is 0 Å². The van der Waals surface area contributed by atoms with Crippen LogP contribution in [0.3, 0.4) is 0 Å².